The van der Waals surface area contributed by atoms with E-state index in [4.69, 9.17) is 5.73 Å². The summed E-state index contributed by atoms with van der Waals surface area (Å²) in [5, 5.41) is 4.12. The third kappa shape index (κ3) is 3.45. The fourth-order valence-electron chi connectivity index (χ4n) is 3.30. The minimum Gasteiger partial charge on any atom is -0.352 e. The van der Waals surface area contributed by atoms with Crippen LogP contribution < -0.4 is 11.1 Å². The Morgan fingerprint density at radius 1 is 1.23 bits per heavy atom. The molecule has 22 heavy (non-hydrogen) atoms. The fraction of sp³-hybridized carbons (Fsp3) is 0.444. The van der Waals surface area contributed by atoms with Crippen molar-refractivity contribution in [3.05, 3.63) is 42.1 Å². The second-order valence-corrected chi connectivity index (χ2v) is 6.18. The van der Waals surface area contributed by atoms with Gasteiger partial charge < -0.3 is 11.1 Å². The number of para-hydroxylation sites is 1. The Kier molecular flexibility index (Phi) is 4.68. The Balaban J connectivity index is 1.60. The van der Waals surface area contributed by atoms with Gasteiger partial charge in [-0.1, -0.05) is 37.1 Å². The highest BCUT2D eigenvalue weighted by molar-refractivity contribution is 5.82. The van der Waals surface area contributed by atoms with E-state index in [0.29, 0.717) is 18.9 Å². The number of pyridine rings is 1. The second-order valence-electron chi connectivity index (χ2n) is 6.18. The molecule has 3 N–H and O–H groups in total. The molecule has 1 fully saturated rings. The molecule has 1 saturated carbocycles. The van der Waals surface area contributed by atoms with Gasteiger partial charge in [0.05, 0.1) is 5.52 Å². The van der Waals surface area contributed by atoms with Crippen LogP contribution in [-0.2, 0) is 11.3 Å². The summed E-state index contributed by atoms with van der Waals surface area (Å²) in [5.74, 6) is 0.426. The Morgan fingerprint density at radius 3 is 2.91 bits per heavy atom. The van der Waals surface area contributed by atoms with E-state index >= 15 is 0 Å². The van der Waals surface area contributed by atoms with Crippen LogP contribution in [0.15, 0.2) is 36.5 Å². The maximum absolute atomic E-state index is 12.2. The van der Waals surface area contributed by atoms with E-state index < -0.39 is 0 Å². The summed E-state index contributed by atoms with van der Waals surface area (Å²) < 4.78 is 0. The number of hydrogen-bond acceptors (Lipinski definition) is 3. The van der Waals surface area contributed by atoms with Crippen LogP contribution >= 0.6 is 0 Å². The number of nitrogens with one attached hydrogen (secondary N) is 1. The van der Waals surface area contributed by atoms with Gasteiger partial charge in [0.15, 0.2) is 0 Å². The summed E-state index contributed by atoms with van der Waals surface area (Å²) in [6.07, 6.45) is 6.84. The number of carbonyl (C=O) groups is 1. The third-order valence-corrected chi connectivity index (χ3v) is 4.61. The fourth-order valence-corrected chi connectivity index (χ4v) is 3.30. The first kappa shape index (κ1) is 15.0. The molecule has 1 aromatic carbocycles. The summed E-state index contributed by atoms with van der Waals surface area (Å²) in [6, 6.07) is 10.2. The van der Waals surface area contributed by atoms with E-state index in [1.54, 1.807) is 6.20 Å². The van der Waals surface area contributed by atoms with Crippen LogP contribution in [0.1, 0.15) is 37.7 Å². The van der Waals surface area contributed by atoms with Gasteiger partial charge in [-0.2, -0.15) is 0 Å². The zero-order valence-corrected chi connectivity index (χ0v) is 12.8. The lowest BCUT2D eigenvalue weighted by molar-refractivity contribution is -0.122. The number of amides is 1. The Labute approximate surface area is 131 Å². The first-order chi connectivity index (χ1) is 10.7. The largest absolute Gasteiger partial charge is 0.352 e. The standard InChI is InChI=1S/C18H23N3O/c19-16-9-2-1-5-14(16)11-17(22)21-12-15-7-3-6-13-8-4-10-20-18(13)15/h3-4,6-8,10,14,16H,1-2,5,9,11-12,19H2,(H,21,22). The predicted octanol–water partition coefficient (Wildman–Crippen LogP) is 2.76. The molecule has 0 bridgehead atoms. The number of benzene rings is 1. The molecule has 1 aromatic heterocycles. The quantitative estimate of drug-likeness (QED) is 0.912. The summed E-state index contributed by atoms with van der Waals surface area (Å²) in [6.45, 7) is 0.523. The lowest BCUT2D eigenvalue weighted by Crippen LogP contribution is -2.37. The topological polar surface area (TPSA) is 68.0 Å². The highest BCUT2D eigenvalue weighted by Gasteiger charge is 2.23. The van der Waals surface area contributed by atoms with Gasteiger partial charge in [-0.3, -0.25) is 9.78 Å². The van der Waals surface area contributed by atoms with E-state index in [1.165, 1.54) is 12.8 Å². The van der Waals surface area contributed by atoms with E-state index in [1.807, 2.05) is 30.3 Å². The molecule has 4 heteroatoms. The number of nitrogens with two attached hydrogens (primary N) is 1. The average Bonchev–Trinajstić information content (AvgIpc) is 2.55. The van der Waals surface area contributed by atoms with Crippen LogP contribution in [0.5, 0.6) is 0 Å². The van der Waals surface area contributed by atoms with Gasteiger partial charge in [0.25, 0.3) is 0 Å². The van der Waals surface area contributed by atoms with E-state index in [2.05, 4.69) is 10.3 Å². The minimum atomic E-state index is 0.0929. The number of carbonyl (C=O) groups excluding carboxylic acids is 1. The second kappa shape index (κ2) is 6.88. The molecule has 2 unspecified atom stereocenters. The van der Waals surface area contributed by atoms with Crippen molar-refractivity contribution in [3.8, 4) is 0 Å². The number of fused-ring (bicyclic) bond motifs is 1. The van der Waals surface area contributed by atoms with Crippen molar-refractivity contribution in [2.75, 3.05) is 0 Å². The van der Waals surface area contributed by atoms with Gasteiger partial charge in [-0.15, -0.1) is 0 Å². The highest BCUT2D eigenvalue weighted by Crippen LogP contribution is 2.25. The molecule has 1 amide bonds. The monoisotopic (exact) mass is 297 g/mol. The Bertz CT molecular complexity index is 650. The van der Waals surface area contributed by atoms with Crippen LogP contribution in [0.25, 0.3) is 10.9 Å². The van der Waals surface area contributed by atoms with Gasteiger partial charge in [-0.05, 0) is 30.4 Å². The van der Waals surface area contributed by atoms with Crippen molar-refractivity contribution in [3.63, 3.8) is 0 Å². The lowest BCUT2D eigenvalue weighted by atomic mass is 9.83. The van der Waals surface area contributed by atoms with Crippen LogP contribution in [0.4, 0.5) is 0 Å². The van der Waals surface area contributed by atoms with E-state index in [-0.39, 0.29) is 11.9 Å². The molecular weight excluding hydrogens is 274 g/mol. The van der Waals surface area contributed by atoms with Gasteiger partial charge >= 0.3 is 0 Å². The zero-order chi connectivity index (χ0) is 15.4. The number of rotatable bonds is 4. The lowest BCUT2D eigenvalue weighted by Gasteiger charge is -2.27. The molecule has 1 heterocycles. The third-order valence-electron chi connectivity index (χ3n) is 4.61. The molecule has 1 aliphatic rings. The molecule has 0 aliphatic heterocycles. The van der Waals surface area contributed by atoms with Gasteiger partial charge in [0.1, 0.15) is 0 Å². The van der Waals surface area contributed by atoms with Crippen molar-refractivity contribution >= 4 is 16.8 Å². The van der Waals surface area contributed by atoms with Crippen LogP contribution in [0, 0.1) is 5.92 Å². The SMILES string of the molecule is NC1CCCCC1CC(=O)NCc1cccc2cccnc12. The molecule has 2 atom stereocenters. The predicted molar refractivity (Wildman–Crippen MR) is 88.1 cm³/mol. The van der Waals surface area contributed by atoms with Crippen LogP contribution in [0.2, 0.25) is 0 Å². The van der Waals surface area contributed by atoms with Crippen LogP contribution in [-0.4, -0.2) is 16.9 Å². The van der Waals surface area contributed by atoms with Gasteiger partial charge in [0.2, 0.25) is 5.91 Å². The summed E-state index contributed by atoms with van der Waals surface area (Å²) in [4.78, 5) is 16.6. The van der Waals surface area contributed by atoms with Gasteiger partial charge in [-0.25, -0.2) is 0 Å². The summed E-state index contributed by atoms with van der Waals surface area (Å²) in [7, 11) is 0. The summed E-state index contributed by atoms with van der Waals surface area (Å²) in [5.41, 5.74) is 8.13. The molecule has 116 valence electrons. The highest BCUT2D eigenvalue weighted by atomic mass is 16.1. The molecule has 2 aromatic rings. The van der Waals surface area contributed by atoms with Gasteiger partial charge in [0, 0.05) is 30.6 Å². The molecule has 4 nitrogen and oxygen atoms in total. The van der Waals surface area contributed by atoms with Crippen molar-refractivity contribution < 1.29 is 4.79 Å². The zero-order valence-electron chi connectivity index (χ0n) is 12.8. The van der Waals surface area contributed by atoms with E-state index in [9.17, 15) is 4.79 Å². The van der Waals surface area contributed by atoms with Crippen molar-refractivity contribution in [1.29, 1.82) is 0 Å². The molecule has 1 aliphatic carbocycles. The smallest absolute Gasteiger partial charge is 0.220 e. The Hall–Kier alpha value is -1.94. The molecular formula is C18H23N3O. The number of hydrogen-bond donors (Lipinski definition) is 2. The maximum Gasteiger partial charge on any atom is 0.220 e. The molecule has 0 saturated heterocycles. The van der Waals surface area contributed by atoms with Crippen molar-refractivity contribution in [2.45, 2.75) is 44.7 Å². The maximum atomic E-state index is 12.2. The molecule has 0 spiro atoms. The van der Waals surface area contributed by atoms with Crippen molar-refractivity contribution in [1.82, 2.24) is 10.3 Å². The average molecular weight is 297 g/mol. The first-order valence-electron chi connectivity index (χ1n) is 8.09. The number of aromatic nitrogens is 1. The molecule has 3 rings (SSSR count). The first-order valence-corrected chi connectivity index (χ1v) is 8.09. The summed E-state index contributed by atoms with van der Waals surface area (Å²) >= 11 is 0. The Morgan fingerprint density at radius 2 is 2.05 bits per heavy atom. The normalized spacial score (nSPS) is 21.7. The number of nitrogens with zero attached hydrogens (tertiary/aromatic N) is 1. The van der Waals surface area contributed by atoms with Crippen LogP contribution in [0.3, 0.4) is 0 Å². The molecule has 0 radical (unpaired) electrons. The van der Waals surface area contributed by atoms with Crippen molar-refractivity contribution in [2.24, 2.45) is 11.7 Å². The van der Waals surface area contributed by atoms with E-state index in [0.717, 1.165) is 29.3 Å². The minimum absolute atomic E-state index is 0.0929.